The average Bonchev–Trinajstić information content (AvgIpc) is 3.33. The first-order chi connectivity index (χ1) is 17.1. The van der Waals surface area contributed by atoms with Crippen molar-refractivity contribution in [1.82, 2.24) is 4.90 Å². The molecule has 2 amide bonds. The van der Waals surface area contributed by atoms with Gasteiger partial charge in [-0.15, -0.1) is 0 Å². The normalized spacial score (nSPS) is 19.3. The lowest BCUT2D eigenvalue weighted by molar-refractivity contribution is -0.165. The molecule has 2 aliphatic heterocycles. The molecule has 2 atom stereocenters. The number of nitriles is 1. The van der Waals surface area contributed by atoms with E-state index in [0.717, 1.165) is 23.2 Å². The third kappa shape index (κ3) is 4.31. The molecule has 3 aromatic rings. The van der Waals surface area contributed by atoms with Crippen molar-refractivity contribution < 1.29 is 19.1 Å². The summed E-state index contributed by atoms with van der Waals surface area (Å²) in [4.78, 5) is 29.1. The van der Waals surface area contributed by atoms with Gasteiger partial charge in [0.15, 0.2) is 0 Å². The molecule has 0 N–H and O–H groups in total. The number of ether oxygens (including phenoxy) is 2. The van der Waals surface area contributed by atoms with E-state index in [0.29, 0.717) is 36.6 Å². The molecule has 0 bridgehead atoms. The quantitative estimate of drug-likeness (QED) is 0.486. The number of nitrogens with zero attached hydrogens (tertiary/aromatic N) is 3. The Morgan fingerprint density at radius 2 is 1.86 bits per heavy atom. The minimum Gasteiger partial charge on any atom is -0.496 e. The number of hydrogen-bond donors (Lipinski definition) is 0. The lowest BCUT2D eigenvalue weighted by Crippen LogP contribution is -2.60. The van der Waals surface area contributed by atoms with Crippen LogP contribution >= 0.6 is 0 Å². The van der Waals surface area contributed by atoms with Gasteiger partial charge < -0.3 is 19.3 Å². The molecule has 176 valence electrons. The fourth-order valence-corrected chi connectivity index (χ4v) is 4.78. The zero-order chi connectivity index (χ0) is 24.4. The molecule has 3 aromatic carbocycles. The number of rotatable bonds is 7. The summed E-state index contributed by atoms with van der Waals surface area (Å²) < 4.78 is 11.7. The molecule has 7 nitrogen and oxygen atoms in total. The Bertz CT molecular complexity index is 1320. The minimum absolute atomic E-state index is 0.127. The summed E-state index contributed by atoms with van der Waals surface area (Å²) in [5.41, 5.74) is 3.10. The van der Waals surface area contributed by atoms with E-state index in [-0.39, 0.29) is 17.9 Å². The topological polar surface area (TPSA) is 82.9 Å². The minimum atomic E-state index is -0.747. The van der Waals surface area contributed by atoms with Gasteiger partial charge in [0.05, 0.1) is 18.7 Å². The highest BCUT2D eigenvalue weighted by molar-refractivity contribution is 5.95. The third-order valence-electron chi connectivity index (χ3n) is 6.48. The molecule has 0 spiro atoms. The first-order valence-corrected chi connectivity index (χ1v) is 11.6. The van der Waals surface area contributed by atoms with Crippen LogP contribution in [0.5, 0.6) is 11.5 Å². The van der Waals surface area contributed by atoms with Crippen LogP contribution in [0.3, 0.4) is 0 Å². The highest BCUT2D eigenvalue weighted by Gasteiger charge is 2.51. The van der Waals surface area contributed by atoms with E-state index < -0.39 is 6.10 Å². The van der Waals surface area contributed by atoms with Crippen LogP contribution in [0, 0.1) is 11.3 Å². The molecule has 2 fully saturated rings. The number of carbonyl (C=O) groups is 2. The fourth-order valence-electron chi connectivity index (χ4n) is 4.78. The Morgan fingerprint density at radius 1 is 1.03 bits per heavy atom. The molecule has 35 heavy (non-hydrogen) atoms. The molecule has 0 saturated carbocycles. The highest BCUT2D eigenvalue weighted by atomic mass is 16.5. The maximum atomic E-state index is 13.3. The Balaban J connectivity index is 1.44. The van der Waals surface area contributed by atoms with E-state index in [1.807, 2.05) is 48.5 Å². The molecule has 0 radical (unpaired) electrons. The van der Waals surface area contributed by atoms with E-state index in [2.05, 4.69) is 6.07 Å². The lowest BCUT2D eigenvalue weighted by Gasteiger charge is -2.47. The van der Waals surface area contributed by atoms with Crippen LogP contribution in [0.2, 0.25) is 0 Å². The van der Waals surface area contributed by atoms with Crippen LogP contribution < -0.4 is 14.4 Å². The monoisotopic (exact) mass is 467 g/mol. The van der Waals surface area contributed by atoms with Crippen molar-refractivity contribution in [2.24, 2.45) is 0 Å². The van der Waals surface area contributed by atoms with Crippen molar-refractivity contribution >= 4 is 17.5 Å². The van der Waals surface area contributed by atoms with E-state index in [1.54, 1.807) is 41.2 Å². The smallest absolute Gasteiger partial charge is 0.267 e. The van der Waals surface area contributed by atoms with Crippen molar-refractivity contribution in [2.75, 3.05) is 18.6 Å². The maximum absolute atomic E-state index is 13.3. The summed E-state index contributed by atoms with van der Waals surface area (Å²) in [7, 11) is 1.60. The van der Waals surface area contributed by atoms with E-state index in [9.17, 15) is 14.9 Å². The number of para-hydroxylation sites is 1. The second-order valence-corrected chi connectivity index (χ2v) is 8.65. The van der Waals surface area contributed by atoms with Gasteiger partial charge in [0, 0.05) is 30.8 Å². The lowest BCUT2D eigenvalue weighted by atomic mass is 9.89. The molecular weight excluding hydrogens is 442 g/mol. The summed E-state index contributed by atoms with van der Waals surface area (Å²) in [6.45, 7) is 1.09. The van der Waals surface area contributed by atoms with Crippen molar-refractivity contribution in [2.45, 2.75) is 31.5 Å². The standard InChI is InChI=1S/C28H25N3O4/c1-34-24-12-3-2-11-23(24)26-27(35-22-10-5-7-19(16-22)17-29)28(33)31(26)18-20-8-4-9-21(15-20)30-14-6-13-25(30)32/h2-5,7-12,15-16,26-27H,6,13-14,18H2,1H3/t26-,27-/m0/s1. The number of hydrogen-bond acceptors (Lipinski definition) is 5. The van der Waals surface area contributed by atoms with Gasteiger partial charge in [-0.2, -0.15) is 5.26 Å². The summed E-state index contributed by atoms with van der Waals surface area (Å²) in [5, 5.41) is 9.22. The number of β-lactam (4-membered cyclic amide) rings is 1. The molecule has 7 heteroatoms. The van der Waals surface area contributed by atoms with Crippen molar-refractivity contribution in [1.29, 1.82) is 5.26 Å². The van der Waals surface area contributed by atoms with Gasteiger partial charge in [-0.05, 0) is 48.4 Å². The van der Waals surface area contributed by atoms with Crippen LogP contribution in [0.25, 0.3) is 0 Å². The molecule has 5 rings (SSSR count). The molecule has 2 heterocycles. The number of carbonyl (C=O) groups excluding carboxylic acids is 2. The van der Waals surface area contributed by atoms with Gasteiger partial charge in [0.2, 0.25) is 12.0 Å². The summed E-state index contributed by atoms with van der Waals surface area (Å²) in [6, 6.07) is 23.9. The second-order valence-electron chi connectivity index (χ2n) is 8.65. The first-order valence-electron chi connectivity index (χ1n) is 11.6. The highest BCUT2D eigenvalue weighted by Crippen LogP contribution is 2.42. The average molecular weight is 468 g/mol. The first kappa shape index (κ1) is 22.5. The van der Waals surface area contributed by atoms with E-state index in [1.165, 1.54) is 0 Å². The Hall–Kier alpha value is -4.31. The summed E-state index contributed by atoms with van der Waals surface area (Å²) in [6.07, 6.45) is 0.676. The second kappa shape index (κ2) is 9.51. The Morgan fingerprint density at radius 3 is 2.63 bits per heavy atom. The predicted molar refractivity (Wildman–Crippen MR) is 130 cm³/mol. The van der Waals surface area contributed by atoms with Crippen LogP contribution in [0.15, 0.2) is 72.8 Å². The van der Waals surface area contributed by atoms with Gasteiger partial charge in [0.25, 0.3) is 5.91 Å². The molecule has 0 unspecified atom stereocenters. The SMILES string of the molecule is COc1ccccc1[C@H]1[C@H](Oc2cccc(C#N)c2)C(=O)N1Cc1cccc(N2CCCC2=O)c1. The molecule has 2 saturated heterocycles. The van der Waals surface area contributed by atoms with Crippen LogP contribution in [-0.4, -0.2) is 36.5 Å². The van der Waals surface area contributed by atoms with Gasteiger partial charge in [-0.25, -0.2) is 0 Å². The summed E-state index contributed by atoms with van der Waals surface area (Å²) >= 11 is 0. The van der Waals surface area contributed by atoms with Crippen molar-refractivity contribution in [3.05, 3.63) is 89.5 Å². The molecular formula is C28H25N3O4. The zero-order valence-electron chi connectivity index (χ0n) is 19.4. The van der Waals surface area contributed by atoms with Gasteiger partial charge >= 0.3 is 0 Å². The molecule has 0 aromatic heterocycles. The summed E-state index contributed by atoms with van der Waals surface area (Å²) in [5.74, 6) is 1.12. The zero-order valence-corrected chi connectivity index (χ0v) is 19.4. The Kier molecular flexibility index (Phi) is 6.11. The number of methoxy groups -OCH3 is 1. The van der Waals surface area contributed by atoms with Crippen LogP contribution in [-0.2, 0) is 16.1 Å². The number of anilines is 1. The van der Waals surface area contributed by atoms with Gasteiger partial charge in [-0.3, -0.25) is 9.59 Å². The maximum Gasteiger partial charge on any atom is 0.267 e. The molecule has 2 aliphatic rings. The van der Waals surface area contributed by atoms with Crippen molar-refractivity contribution in [3.63, 3.8) is 0 Å². The van der Waals surface area contributed by atoms with Gasteiger partial charge in [0.1, 0.15) is 17.5 Å². The largest absolute Gasteiger partial charge is 0.496 e. The Labute approximate surface area is 204 Å². The van der Waals surface area contributed by atoms with Crippen LogP contribution in [0.4, 0.5) is 5.69 Å². The number of likely N-dealkylation sites (tertiary alicyclic amines) is 1. The van der Waals surface area contributed by atoms with Crippen molar-refractivity contribution in [3.8, 4) is 17.6 Å². The molecule has 0 aliphatic carbocycles. The van der Waals surface area contributed by atoms with E-state index in [4.69, 9.17) is 9.47 Å². The fraction of sp³-hybridized carbons (Fsp3) is 0.250. The van der Waals surface area contributed by atoms with E-state index >= 15 is 0 Å². The van der Waals surface area contributed by atoms with Crippen LogP contribution in [0.1, 0.15) is 35.6 Å². The predicted octanol–water partition coefficient (Wildman–Crippen LogP) is 4.22. The van der Waals surface area contributed by atoms with Gasteiger partial charge in [-0.1, -0.05) is 36.4 Å². The number of benzene rings is 3. The third-order valence-corrected chi connectivity index (χ3v) is 6.48. The number of amides is 2.